The van der Waals surface area contributed by atoms with Crippen LogP contribution in [0.3, 0.4) is 0 Å². The van der Waals surface area contributed by atoms with Crippen molar-refractivity contribution in [1.29, 1.82) is 0 Å². The predicted molar refractivity (Wildman–Crippen MR) is 107 cm³/mol. The minimum Gasteiger partial charge on any atom is -0.281 e. The molecule has 0 bridgehead atoms. The van der Waals surface area contributed by atoms with Gasteiger partial charge in [-0.3, -0.25) is 5.10 Å². The number of rotatable bonds is 4. The molecule has 3 rings (SSSR count). The molecule has 0 saturated carbocycles. The monoisotopic (exact) mass is 336 g/mol. The van der Waals surface area contributed by atoms with Crippen LogP contribution in [-0.4, -0.2) is 10.2 Å². The van der Waals surface area contributed by atoms with E-state index in [2.05, 4.69) is 77.0 Å². The van der Waals surface area contributed by atoms with Crippen LogP contribution in [0, 0.1) is 0 Å². The largest absolute Gasteiger partial charge is 0.281 e. The lowest BCUT2D eigenvalue weighted by Gasteiger charge is -2.22. The first kappa shape index (κ1) is 18.0. The van der Waals surface area contributed by atoms with Gasteiger partial charge in [0.1, 0.15) is 0 Å². The van der Waals surface area contributed by atoms with Crippen molar-refractivity contribution in [2.45, 2.75) is 78.1 Å². The molecule has 25 heavy (non-hydrogen) atoms. The topological polar surface area (TPSA) is 28.7 Å². The van der Waals surface area contributed by atoms with Gasteiger partial charge in [0, 0.05) is 16.5 Å². The van der Waals surface area contributed by atoms with Crippen molar-refractivity contribution in [2.24, 2.45) is 0 Å². The molecule has 0 radical (unpaired) electrons. The van der Waals surface area contributed by atoms with Crippen LogP contribution in [0.2, 0.25) is 0 Å². The summed E-state index contributed by atoms with van der Waals surface area (Å²) in [6.45, 7) is 13.6. The molecule has 1 N–H and O–H groups in total. The minimum atomic E-state index is 0.0779. The average molecular weight is 337 g/mol. The van der Waals surface area contributed by atoms with E-state index in [9.17, 15) is 0 Å². The molecule has 0 spiro atoms. The molecule has 0 fully saturated rings. The van der Waals surface area contributed by atoms with Crippen LogP contribution in [0.1, 0.15) is 82.5 Å². The Balaban J connectivity index is 1.76. The van der Waals surface area contributed by atoms with E-state index in [4.69, 9.17) is 5.10 Å². The Kier molecular flexibility index (Phi) is 4.66. The van der Waals surface area contributed by atoms with Crippen LogP contribution in [0.4, 0.5) is 0 Å². The number of hydrogen-bond acceptors (Lipinski definition) is 1. The Hall–Kier alpha value is -1.83. The molecule has 2 heteroatoms. The zero-order valence-corrected chi connectivity index (χ0v) is 16.7. The van der Waals surface area contributed by atoms with Crippen LogP contribution >= 0.6 is 0 Å². The number of benzene rings is 1. The van der Waals surface area contributed by atoms with E-state index in [0.717, 1.165) is 19.3 Å². The fraction of sp³-hybridized carbons (Fsp3) is 0.522. The molecular formula is C23H32N2. The van der Waals surface area contributed by atoms with Crippen LogP contribution in [0.5, 0.6) is 0 Å². The van der Waals surface area contributed by atoms with E-state index in [1.807, 2.05) is 0 Å². The summed E-state index contributed by atoms with van der Waals surface area (Å²) in [6.07, 6.45) is 6.92. The Bertz CT molecular complexity index is 748. The minimum absolute atomic E-state index is 0.0779. The van der Waals surface area contributed by atoms with Gasteiger partial charge in [-0.2, -0.15) is 5.10 Å². The summed E-state index contributed by atoms with van der Waals surface area (Å²) in [5, 5.41) is 8.05. The van der Waals surface area contributed by atoms with Gasteiger partial charge in [-0.05, 0) is 47.9 Å². The second-order valence-electron chi connectivity index (χ2n) is 9.37. The van der Waals surface area contributed by atoms with Crippen molar-refractivity contribution in [3.05, 3.63) is 58.4 Å². The molecule has 2 aromatic rings. The third-order valence-electron chi connectivity index (χ3n) is 5.13. The molecule has 0 aliphatic heterocycles. The van der Waals surface area contributed by atoms with Crippen molar-refractivity contribution in [1.82, 2.24) is 10.2 Å². The van der Waals surface area contributed by atoms with Gasteiger partial charge in [-0.25, -0.2) is 0 Å². The van der Waals surface area contributed by atoms with Crippen molar-refractivity contribution in [3.8, 4) is 0 Å². The third kappa shape index (κ3) is 3.73. The Morgan fingerprint density at radius 1 is 0.960 bits per heavy atom. The zero-order valence-electron chi connectivity index (χ0n) is 16.7. The number of nitrogens with one attached hydrogen (secondary N) is 1. The number of H-pyrrole nitrogens is 1. The van der Waals surface area contributed by atoms with Gasteiger partial charge in [0.25, 0.3) is 0 Å². The van der Waals surface area contributed by atoms with Crippen LogP contribution < -0.4 is 0 Å². The van der Waals surface area contributed by atoms with Crippen molar-refractivity contribution < 1.29 is 0 Å². The van der Waals surface area contributed by atoms with E-state index in [0.29, 0.717) is 0 Å². The first-order valence-electron chi connectivity index (χ1n) is 9.53. The molecular weight excluding hydrogens is 304 g/mol. The van der Waals surface area contributed by atoms with Gasteiger partial charge in [-0.15, -0.1) is 0 Å². The number of hydrogen-bond donors (Lipinski definition) is 1. The van der Waals surface area contributed by atoms with E-state index >= 15 is 0 Å². The highest BCUT2D eigenvalue weighted by Gasteiger charge is 2.28. The van der Waals surface area contributed by atoms with E-state index in [1.165, 1.54) is 40.1 Å². The summed E-state index contributed by atoms with van der Waals surface area (Å²) in [6, 6.07) is 8.83. The molecule has 0 atom stereocenters. The number of nitrogens with zero attached hydrogens (tertiary/aromatic N) is 1. The molecule has 0 unspecified atom stereocenters. The quantitative estimate of drug-likeness (QED) is 0.732. The highest BCUT2D eigenvalue weighted by molar-refractivity contribution is 5.72. The van der Waals surface area contributed by atoms with Gasteiger partial charge in [-0.1, -0.05) is 71.9 Å². The lowest BCUT2D eigenvalue weighted by Crippen LogP contribution is -2.18. The van der Waals surface area contributed by atoms with Crippen molar-refractivity contribution in [3.63, 3.8) is 0 Å². The van der Waals surface area contributed by atoms with E-state index < -0.39 is 0 Å². The standard InChI is InChI=1S/C23H32N2/c1-22(2,3)20-19(21(25-24-20)23(4,5)6)13-9-11-17-15-14-16-10-7-8-12-18(16)17/h7-8,10,12,15H,9,11,13-14H2,1-6H3,(H,24,25). The number of aromatic nitrogens is 2. The van der Waals surface area contributed by atoms with Crippen molar-refractivity contribution in [2.75, 3.05) is 0 Å². The molecule has 0 saturated heterocycles. The molecule has 2 nitrogen and oxygen atoms in total. The number of fused-ring (bicyclic) bond motifs is 1. The Labute approximate surface area is 152 Å². The predicted octanol–water partition coefficient (Wildman–Crippen LogP) is 5.97. The fourth-order valence-electron chi connectivity index (χ4n) is 3.90. The zero-order chi connectivity index (χ0) is 18.2. The maximum atomic E-state index is 4.70. The van der Waals surface area contributed by atoms with Crippen LogP contribution in [0.25, 0.3) is 5.57 Å². The lowest BCUT2D eigenvalue weighted by atomic mass is 9.81. The molecule has 134 valence electrons. The Morgan fingerprint density at radius 2 is 1.68 bits per heavy atom. The summed E-state index contributed by atoms with van der Waals surface area (Å²) < 4.78 is 0. The average Bonchev–Trinajstić information content (AvgIpc) is 3.11. The molecule has 1 aromatic carbocycles. The van der Waals surface area contributed by atoms with Gasteiger partial charge < -0.3 is 0 Å². The molecule has 0 amide bonds. The van der Waals surface area contributed by atoms with Gasteiger partial charge in [0.05, 0.1) is 5.69 Å². The highest BCUT2D eigenvalue weighted by Crippen LogP contribution is 2.35. The number of aromatic amines is 1. The van der Waals surface area contributed by atoms with E-state index in [1.54, 1.807) is 0 Å². The van der Waals surface area contributed by atoms with Gasteiger partial charge in [0.2, 0.25) is 0 Å². The number of allylic oxidation sites excluding steroid dienone is 2. The van der Waals surface area contributed by atoms with Crippen LogP contribution in [0.15, 0.2) is 30.3 Å². The Morgan fingerprint density at radius 3 is 2.36 bits per heavy atom. The maximum Gasteiger partial charge on any atom is 0.0710 e. The van der Waals surface area contributed by atoms with Gasteiger partial charge in [0.15, 0.2) is 0 Å². The second-order valence-corrected chi connectivity index (χ2v) is 9.37. The smallest absolute Gasteiger partial charge is 0.0710 e. The molecule has 1 heterocycles. The SMILES string of the molecule is CC(C)(C)c1n[nH]c(C(C)(C)C)c1CCCC1=CCc2ccccc21. The molecule has 1 aliphatic carbocycles. The normalized spacial score (nSPS) is 14.6. The first-order valence-corrected chi connectivity index (χ1v) is 9.53. The van der Waals surface area contributed by atoms with Crippen LogP contribution in [-0.2, 0) is 23.7 Å². The van der Waals surface area contributed by atoms with E-state index in [-0.39, 0.29) is 10.8 Å². The summed E-state index contributed by atoms with van der Waals surface area (Å²) in [4.78, 5) is 0. The summed E-state index contributed by atoms with van der Waals surface area (Å²) in [5.74, 6) is 0. The third-order valence-corrected chi connectivity index (χ3v) is 5.13. The summed E-state index contributed by atoms with van der Waals surface area (Å²) in [7, 11) is 0. The second kappa shape index (κ2) is 6.48. The summed E-state index contributed by atoms with van der Waals surface area (Å²) >= 11 is 0. The highest BCUT2D eigenvalue weighted by atomic mass is 15.1. The maximum absolute atomic E-state index is 4.70. The van der Waals surface area contributed by atoms with Crippen molar-refractivity contribution >= 4 is 5.57 Å². The lowest BCUT2D eigenvalue weighted by molar-refractivity contribution is 0.554. The van der Waals surface area contributed by atoms with Gasteiger partial charge >= 0.3 is 0 Å². The summed E-state index contributed by atoms with van der Waals surface area (Å²) in [5.41, 5.74) is 8.62. The first-order chi connectivity index (χ1) is 11.7. The molecule has 1 aliphatic rings. The fourth-order valence-corrected chi connectivity index (χ4v) is 3.90. The molecule has 1 aromatic heterocycles.